The van der Waals surface area contributed by atoms with E-state index in [-0.39, 0.29) is 41.2 Å². The number of aryl methyl sites for hydroxylation is 1. The molecule has 298 valence electrons. The van der Waals surface area contributed by atoms with E-state index in [0.29, 0.717) is 53.6 Å². The molecule has 0 aliphatic carbocycles. The summed E-state index contributed by atoms with van der Waals surface area (Å²) in [5, 5.41) is 0. The topological polar surface area (TPSA) is 86.6 Å². The second-order valence-corrected chi connectivity index (χ2v) is 16.2. The maximum absolute atomic E-state index is 13.8. The number of hydrogen-bond acceptors (Lipinski definition) is 7. The third kappa shape index (κ3) is 10.3. The van der Waals surface area contributed by atoms with Crippen molar-refractivity contribution >= 4 is 35.4 Å². The van der Waals surface area contributed by atoms with E-state index in [1.165, 1.54) is 16.7 Å². The summed E-state index contributed by atoms with van der Waals surface area (Å²) in [6, 6.07) is 14.0. The molecule has 3 aromatic carbocycles. The highest BCUT2D eigenvalue weighted by atomic mass is 16.5. The lowest BCUT2D eigenvalue weighted by atomic mass is 9.77. The summed E-state index contributed by atoms with van der Waals surface area (Å²) in [6.07, 6.45) is 13.1. The van der Waals surface area contributed by atoms with E-state index in [2.05, 4.69) is 92.7 Å². The van der Waals surface area contributed by atoms with Crippen molar-refractivity contribution in [2.75, 3.05) is 7.11 Å². The van der Waals surface area contributed by atoms with Gasteiger partial charge in [0, 0.05) is 53.9 Å². The minimum atomic E-state index is -0.119. The van der Waals surface area contributed by atoms with Gasteiger partial charge in [0.15, 0.2) is 23.1 Å². The summed E-state index contributed by atoms with van der Waals surface area (Å²) < 4.78 is 18.8. The number of methoxy groups -OCH3 is 1. The van der Waals surface area contributed by atoms with Crippen LogP contribution in [0.5, 0.6) is 17.2 Å². The van der Waals surface area contributed by atoms with Gasteiger partial charge in [-0.3, -0.25) is 19.6 Å². The van der Waals surface area contributed by atoms with Gasteiger partial charge in [-0.15, -0.1) is 0 Å². The molecule has 0 N–H and O–H groups in total. The summed E-state index contributed by atoms with van der Waals surface area (Å²) >= 11 is 0. The summed E-state index contributed by atoms with van der Waals surface area (Å²) in [4.78, 5) is 36.9. The van der Waals surface area contributed by atoms with E-state index in [0.717, 1.165) is 54.5 Å². The average Bonchev–Trinajstić information content (AvgIpc) is 3.27. The average molecular weight is 759 g/mol. The second-order valence-electron chi connectivity index (χ2n) is 16.2. The fourth-order valence-corrected chi connectivity index (χ4v) is 7.59. The molecule has 4 unspecified atom stereocenters. The normalized spacial score (nSPS) is 20.4. The van der Waals surface area contributed by atoms with E-state index in [1.807, 2.05) is 30.6 Å². The van der Waals surface area contributed by atoms with E-state index in [9.17, 15) is 9.59 Å². The predicted molar refractivity (Wildman–Crippen MR) is 230 cm³/mol. The number of carbonyl (C=O) groups excluding carboxylic acids is 2. The van der Waals surface area contributed by atoms with Crippen molar-refractivity contribution in [2.45, 2.75) is 120 Å². The largest absolute Gasteiger partial charge is 0.493 e. The van der Waals surface area contributed by atoms with Crippen molar-refractivity contribution in [2.24, 2.45) is 33.7 Å². The molecule has 0 spiro atoms. The quantitative estimate of drug-likeness (QED) is 0.162. The first-order chi connectivity index (χ1) is 26.8. The molecule has 5 rings (SSSR count). The van der Waals surface area contributed by atoms with Crippen LogP contribution in [-0.4, -0.2) is 31.1 Å². The van der Waals surface area contributed by atoms with Crippen LogP contribution in [0.25, 0.3) is 0 Å². The molecule has 2 aliphatic rings. The highest BCUT2D eigenvalue weighted by molar-refractivity contribution is 6.04. The van der Waals surface area contributed by atoms with E-state index < -0.39 is 0 Å². The van der Waals surface area contributed by atoms with Crippen LogP contribution in [0.3, 0.4) is 0 Å². The summed E-state index contributed by atoms with van der Waals surface area (Å²) in [5.41, 5.74) is 9.32. The lowest BCUT2D eigenvalue weighted by Gasteiger charge is -2.28. The molecule has 56 heavy (non-hydrogen) atoms. The van der Waals surface area contributed by atoms with Crippen molar-refractivity contribution in [3.8, 4) is 17.2 Å². The van der Waals surface area contributed by atoms with Crippen LogP contribution in [0.2, 0.25) is 0 Å². The Bertz CT molecular complexity index is 2020. The third-order valence-electron chi connectivity index (χ3n) is 11.8. The van der Waals surface area contributed by atoms with Crippen LogP contribution in [0, 0.1) is 23.7 Å². The SMILES string of the molecule is C/C=C(/C)CC1C=Nc2cc(OCc3cc(COc4cc5c(cc4CC)C(=O)C(C)C(C)C(C/C(C)=C\C)C=N5)cc(C(C)C)c3)c(OC)cc2C(=O)CCC1. The number of fused-ring (bicyclic) bond motifs is 2. The van der Waals surface area contributed by atoms with Crippen LogP contribution in [0.4, 0.5) is 11.4 Å². The molecule has 3 aromatic rings. The summed E-state index contributed by atoms with van der Waals surface area (Å²) in [6.45, 7) is 19.7. The zero-order chi connectivity index (χ0) is 40.5. The molecule has 0 radical (unpaired) electrons. The lowest BCUT2D eigenvalue weighted by molar-refractivity contribution is 0.0877. The van der Waals surface area contributed by atoms with Crippen molar-refractivity contribution in [1.29, 1.82) is 0 Å². The summed E-state index contributed by atoms with van der Waals surface area (Å²) in [5.74, 6) is 2.79. The summed E-state index contributed by atoms with van der Waals surface area (Å²) in [7, 11) is 1.60. The minimum absolute atomic E-state index is 0.0714. The maximum Gasteiger partial charge on any atom is 0.168 e. The molecule has 0 amide bonds. The first kappa shape index (κ1) is 42.4. The zero-order valence-electron chi connectivity index (χ0n) is 35.3. The van der Waals surface area contributed by atoms with E-state index in [1.54, 1.807) is 13.2 Å². The Morgan fingerprint density at radius 3 is 2.07 bits per heavy atom. The number of rotatable bonds is 13. The Labute approximate surface area is 335 Å². The number of ketones is 2. The first-order valence-electron chi connectivity index (χ1n) is 20.5. The Hall–Kier alpha value is -4.78. The van der Waals surface area contributed by atoms with Crippen molar-refractivity contribution < 1.29 is 23.8 Å². The number of benzene rings is 3. The van der Waals surface area contributed by atoms with Crippen molar-refractivity contribution in [3.05, 3.63) is 99.1 Å². The standard InChI is InChI=1S/C49H62N2O5/c1-11-31(6)17-35-15-14-16-45(52)41-23-47(54-10)48(25-43(41)50-26-35)56-29-37-19-36(20-39(21-37)30(4)5)28-55-46-24-44-42(22-38(46)13-3)49(53)34(9)33(8)40(27-51-44)18-32(7)12-2/h11-12,19-27,30,33-35,40H,13-18,28-29H2,1-10H3/b31-11-,32-12-,50-26?,51-27?. The second kappa shape index (κ2) is 19.4. The first-order valence-corrected chi connectivity index (χ1v) is 20.5. The lowest BCUT2D eigenvalue weighted by Crippen LogP contribution is -2.28. The Balaban J connectivity index is 1.40. The Morgan fingerprint density at radius 1 is 0.804 bits per heavy atom. The fourth-order valence-electron chi connectivity index (χ4n) is 7.59. The van der Waals surface area contributed by atoms with E-state index in [4.69, 9.17) is 24.2 Å². The molecule has 4 atom stereocenters. The molecule has 0 fully saturated rings. The smallest absolute Gasteiger partial charge is 0.168 e. The van der Waals surface area contributed by atoms with Gasteiger partial charge in [0.2, 0.25) is 0 Å². The highest BCUT2D eigenvalue weighted by Crippen LogP contribution is 2.39. The van der Waals surface area contributed by atoms with E-state index >= 15 is 0 Å². The van der Waals surface area contributed by atoms with Gasteiger partial charge in [-0.1, -0.05) is 70.0 Å². The van der Waals surface area contributed by atoms with Crippen LogP contribution >= 0.6 is 0 Å². The molecule has 7 nitrogen and oxygen atoms in total. The number of hydrogen-bond donors (Lipinski definition) is 0. The molecule has 0 aromatic heterocycles. The Morgan fingerprint density at radius 2 is 1.43 bits per heavy atom. The molecule has 0 saturated heterocycles. The van der Waals surface area contributed by atoms with Gasteiger partial charge >= 0.3 is 0 Å². The van der Waals surface area contributed by atoms with Crippen LogP contribution in [0.1, 0.15) is 143 Å². The van der Waals surface area contributed by atoms with Gasteiger partial charge in [0.1, 0.15) is 19.0 Å². The van der Waals surface area contributed by atoms with Crippen molar-refractivity contribution in [1.82, 2.24) is 0 Å². The number of Topliss-reactive ketones (excluding diaryl/α,β-unsaturated/α-hetero) is 2. The van der Waals surface area contributed by atoms with Crippen molar-refractivity contribution in [3.63, 3.8) is 0 Å². The monoisotopic (exact) mass is 758 g/mol. The molecular formula is C49H62N2O5. The van der Waals surface area contributed by atoms with Crippen LogP contribution in [-0.2, 0) is 19.6 Å². The number of carbonyl (C=O) groups is 2. The molecule has 7 heteroatoms. The number of ether oxygens (including phenoxy) is 3. The fraction of sp³-hybridized carbons (Fsp3) is 0.469. The molecule has 2 heterocycles. The highest BCUT2D eigenvalue weighted by Gasteiger charge is 2.31. The number of nitrogens with zero attached hydrogens (tertiary/aromatic N) is 2. The zero-order valence-corrected chi connectivity index (χ0v) is 35.3. The number of aliphatic imine (C=N–C) groups is 2. The Kier molecular flexibility index (Phi) is 14.7. The number of allylic oxidation sites excluding steroid dienone is 4. The van der Waals surface area contributed by atoms with Crippen LogP contribution < -0.4 is 14.2 Å². The van der Waals surface area contributed by atoms with Gasteiger partial charge < -0.3 is 14.2 Å². The van der Waals surface area contributed by atoms with Gasteiger partial charge in [-0.2, -0.15) is 0 Å². The van der Waals surface area contributed by atoms with Gasteiger partial charge in [0.05, 0.1) is 18.5 Å². The van der Waals surface area contributed by atoms with Gasteiger partial charge in [0.25, 0.3) is 0 Å². The predicted octanol–water partition coefficient (Wildman–Crippen LogP) is 12.7. The van der Waals surface area contributed by atoms with Crippen LogP contribution in [0.15, 0.2) is 75.7 Å². The molecular weight excluding hydrogens is 697 g/mol. The van der Waals surface area contributed by atoms with Gasteiger partial charge in [-0.05, 0) is 118 Å². The molecule has 2 aliphatic heterocycles. The van der Waals surface area contributed by atoms with Gasteiger partial charge in [-0.25, -0.2) is 0 Å². The molecule has 0 bridgehead atoms. The maximum atomic E-state index is 13.8. The third-order valence-corrected chi connectivity index (χ3v) is 11.8. The minimum Gasteiger partial charge on any atom is -0.493 e. The molecule has 0 saturated carbocycles.